The summed E-state index contributed by atoms with van der Waals surface area (Å²) in [6, 6.07) is 8.12. The zero-order valence-corrected chi connectivity index (χ0v) is 9.81. The zero-order valence-electron chi connectivity index (χ0n) is 9.81. The Morgan fingerprint density at radius 1 is 1.47 bits per heavy atom. The van der Waals surface area contributed by atoms with Gasteiger partial charge in [-0.1, -0.05) is 18.2 Å². The minimum absolute atomic E-state index is 0.0965. The van der Waals surface area contributed by atoms with Crippen LogP contribution < -0.4 is 0 Å². The van der Waals surface area contributed by atoms with E-state index < -0.39 is 5.97 Å². The van der Waals surface area contributed by atoms with Crippen LogP contribution in [0.5, 0.6) is 0 Å². The van der Waals surface area contributed by atoms with Crippen molar-refractivity contribution in [3.63, 3.8) is 0 Å². The van der Waals surface area contributed by atoms with Gasteiger partial charge in [0.1, 0.15) is 0 Å². The number of hydrogen-bond donors (Lipinski definition) is 1. The molecule has 88 valence electrons. The predicted molar refractivity (Wildman–Crippen MR) is 66.2 cm³/mol. The van der Waals surface area contributed by atoms with Crippen molar-refractivity contribution in [1.29, 1.82) is 0 Å². The van der Waals surface area contributed by atoms with E-state index in [0.29, 0.717) is 5.92 Å². The minimum Gasteiger partial charge on any atom is -0.481 e. The fourth-order valence-corrected chi connectivity index (χ4v) is 2.60. The van der Waals surface area contributed by atoms with Crippen molar-refractivity contribution in [3.8, 4) is 0 Å². The lowest BCUT2D eigenvalue weighted by Crippen LogP contribution is -2.03. The van der Waals surface area contributed by atoms with Crippen molar-refractivity contribution in [1.82, 2.24) is 4.57 Å². The van der Waals surface area contributed by atoms with Gasteiger partial charge < -0.3 is 9.67 Å². The van der Waals surface area contributed by atoms with Gasteiger partial charge in [-0.15, -0.1) is 0 Å². The van der Waals surface area contributed by atoms with Gasteiger partial charge in [-0.05, 0) is 30.4 Å². The lowest BCUT2D eigenvalue weighted by molar-refractivity contribution is -0.136. The van der Waals surface area contributed by atoms with Gasteiger partial charge in [0.05, 0.1) is 11.9 Å². The molecule has 1 aromatic heterocycles. The average Bonchev–Trinajstić information content (AvgIpc) is 3.04. The van der Waals surface area contributed by atoms with E-state index in [4.69, 9.17) is 5.11 Å². The first-order chi connectivity index (χ1) is 8.16. The highest BCUT2D eigenvalue weighted by atomic mass is 16.4. The summed E-state index contributed by atoms with van der Waals surface area (Å²) in [4.78, 5) is 10.9. The van der Waals surface area contributed by atoms with E-state index in [0.717, 1.165) is 16.5 Å². The summed E-state index contributed by atoms with van der Waals surface area (Å²) in [5, 5.41) is 10.1. The Labute approximate surface area is 99.7 Å². The first kappa shape index (κ1) is 10.4. The lowest BCUT2D eigenvalue weighted by Gasteiger charge is -2.06. The van der Waals surface area contributed by atoms with Crippen LogP contribution in [-0.2, 0) is 18.3 Å². The molecular weight excluding hydrogens is 214 g/mol. The van der Waals surface area contributed by atoms with Crippen LogP contribution in [0.1, 0.15) is 30.0 Å². The molecule has 2 aromatic rings. The quantitative estimate of drug-likeness (QED) is 0.879. The van der Waals surface area contributed by atoms with Gasteiger partial charge in [0.25, 0.3) is 0 Å². The molecule has 3 nitrogen and oxygen atoms in total. The largest absolute Gasteiger partial charge is 0.481 e. The Morgan fingerprint density at radius 2 is 2.24 bits per heavy atom. The molecule has 1 aliphatic rings. The fraction of sp³-hybridized carbons (Fsp3) is 0.357. The molecule has 0 unspecified atom stereocenters. The second-order valence-electron chi connectivity index (χ2n) is 4.83. The normalized spacial score (nSPS) is 15.4. The Morgan fingerprint density at radius 3 is 2.88 bits per heavy atom. The van der Waals surface area contributed by atoms with Crippen LogP contribution in [0.4, 0.5) is 0 Å². The van der Waals surface area contributed by atoms with Crippen molar-refractivity contribution in [2.24, 2.45) is 7.05 Å². The third-order valence-corrected chi connectivity index (χ3v) is 3.51. The van der Waals surface area contributed by atoms with Crippen molar-refractivity contribution < 1.29 is 9.90 Å². The molecule has 17 heavy (non-hydrogen) atoms. The fourth-order valence-electron chi connectivity index (χ4n) is 2.60. The molecule has 0 aliphatic heterocycles. The lowest BCUT2D eigenvalue weighted by atomic mass is 10.1. The molecule has 1 aromatic carbocycles. The van der Waals surface area contributed by atoms with Crippen molar-refractivity contribution in [2.45, 2.75) is 25.2 Å². The van der Waals surface area contributed by atoms with Gasteiger partial charge in [-0.3, -0.25) is 4.79 Å². The van der Waals surface area contributed by atoms with Gasteiger partial charge >= 0.3 is 5.97 Å². The van der Waals surface area contributed by atoms with Crippen LogP contribution in [0.25, 0.3) is 10.9 Å². The maximum atomic E-state index is 10.9. The molecule has 1 saturated carbocycles. The number of carboxylic acid groups (broad SMARTS) is 1. The Bertz CT molecular complexity index is 594. The number of rotatable bonds is 3. The van der Waals surface area contributed by atoms with Gasteiger partial charge in [0, 0.05) is 18.1 Å². The number of aryl methyl sites for hydroxylation is 1. The number of fused-ring (bicyclic) bond motifs is 1. The van der Waals surface area contributed by atoms with Crippen molar-refractivity contribution >= 4 is 16.9 Å². The molecule has 0 bridgehead atoms. The molecule has 0 radical (unpaired) electrons. The molecule has 1 fully saturated rings. The number of aromatic nitrogens is 1. The molecule has 0 amide bonds. The highest BCUT2D eigenvalue weighted by molar-refractivity contribution is 5.87. The summed E-state index contributed by atoms with van der Waals surface area (Å²) in [6.45, 7) is 0. The van der Waals surface area contributed by atoms with Gasteiger partial charge in [-0.2, -0.15) is 0 Å². The minimum atomic E-state index is -0.772. The Balaban J connectivity index is 2.19. The molecule has 1 aliphatic carbocycles. The topological polar surface area (TPSA) is 42.2 Å². The summed E-state index contributed by atoms with van der Waals surface area (Å²) >= 11 is 0. The summed E-state index contributed by atoms with van der Waals surface area (Å²) < 4.78 is 2.17. The van der Waals surface area contributed by atoms with E-state index >= 15 is 0 Å². The summed E-state index contributed by atoms with van der Waals surface area (Å²) in [5.74, 6) is -0.0863. The Hall–Kier alpha value is -1.77. The maximum absolute atomic E-state index is 10.9. The first-order valence-corrected chi connectivity index (χ1v) is 5.96. The van der Waals surface area contributed by atoms with Crippen LogP contribution in [0.3, 0.4) is 0 Å². The number of hydrogen-bond acceptors (Lipinski definition) is 1. The number of carboxylic acids is 1. The summed E-state index contributed by atoms with van der Waals surface area (Å²) in [5.41, 5.74) is 3.33. The molecule has 0 spiro atoms. The maximum Gasteiger partial charge on any atom is 0.307 e. The highest BCUT2D eigenvalue weighted by Crippen LogP contribution is 2.42. The number of para-hydroxylation sites is 1. The molecular formula is C14H15NO2. The van der Waals surface area contributed by atoms with Gasteiger partial charge in [-0.25, -0.2) is 0 Å². The zero-order chi connectivity index (χ0) is 12.0. The average molecular weight is 229 g/mol. The third-order valence-electron chi connectivity index (χ3n) is 3.51. The van der Waals surface area contributed by atoms with E-state index in [-0.39, 0.29) is 6.42 Å². The Kier molecular flexibility index (Phi) is 2.21. The number of nitrogens with zero attached hydrogens (tertiary/aromatic N) is 1. The third kappa shape index (κ3) is 1.71. The first-order valence-electron chi connectivity index (χ1n) is 5.96. The van der Waals surface area contributed by atoms with Crippen LogP contribution in [0.15, 0.2) is 24.3 Å². The van der Waals surface area contributed by atoms with Gasteiger partial charge in [0.15, 0.2) is 0 Å². The number of benzene rings is 1. The monoisotopic (exact) mass is 229 g/mol. The van der Waals surface area contributed by atoms with E-state index in [9.17, 15) is 4.79 Å². The van der Waals surface area contributed by atoms with E-state index in [1.807, 2.05) is 19.2 Å². The van der Waals surface area contributed by atoms with Crippen molar-refractivity contribution in [3.05, 3.63) is 35.5 Å². The van der Waals surface area contributed by atoms with Crippen molar-refractivity contribution in [2.75, 3.05) is 0 Å². The smallest absolute Gasteiger partial charge is 0.307 e. The van der Waals surface area contributed by atoms with E-state index in [1.165, 1.54) is 18.5 Å². The summed E-state index contributed by atoms with van der Waals surface area (Å²) in [6.07, 6.45) is 2.62. The second-order valence-corrected chi connectivity index (χ2v) is 4.83. The standard InChI is InChI=1S/C14H15NO2/c1-15-12(9-5-6-9)7-10-3-2-4-11(14(10)15)8-13(16)17/h2-4,7,9H,5-6,8H2,1H3,(H,16,17). The number of carbonyl (C=O) groups is 1. The summed E-state index contributed by atoms with van der Waals surface area (Å²) in [7, 11) is 2.04. The van der Waals surface area contributed by atoms with Gasteiger partial charge in [0.2, 0.25) is 0 Å². The second kappa shape index (κ2) is 3.62. The molecule has 3 rings (SSSR count). The number of aliphatic carboxylic acids is 1. The van der Waals surface area contributed by atoms with Crippen LogP contribution in [-0.4, -0.2) is 15.6 Å². The molecule has 0 atom stereocenters. The van der Waals surface area contributed by atoms with Crippen LogP contribution >= 0.6 is 0 Å². The molecule has 3 heteroatoms. The van der Waals surface area contributed by atoms with E-state index in [1.54, 1.807) is 0 Å². The predicted octanol–water partition coefficient (Wildman–Crippen LogP) is 2.68. The van der Waals surface area contributed by atoms with Crippen LogP contribution in [0, 0.1) is 0 Å². The SMILES string of the molecule is Cn1c(C2CC2)cc2cccc(CC(=O)O)c21. The molecule has 0 saturated heterocycles. The van der Waals surface area contributed by atoms with E-state index in [2.05, 4.69) is 16.7 Å². The molecule has 1 N–H and O–H groups in total. The highest BCUT2D eigenvalue weighted by Gasteiger charge is 2.27. The molecule has 1 heterocycles. The van der Waals surface area contributed by atoms with Crippen LogP contribution in [0.2, 0.25) is 0 Å².